The second kappa shape index (κ2) is 10.7. The second-order valence-electron chi connectivity index (χ2n) is 7.41. The molecule has 3 N–H and O–H groups in total. The summed E-state index contributed by atoms with van der Waals surface area (Å²) in [4.78, 5) is 0. The summed E-state index contributed by atoms with van der Waals surface area (Å²) in [6.07, 6.45) is 0. The summed E-state index contributed by atoms with van der Waals surface area (Å²) >= 11 is 5.91. The summed E-state index contributed by atoms with van der Waals surface area (Å²) in [5, 5.41) is 4.06. The number of hydrogen-bond donors (Lipinski definition) is 2. The summed E-state index contributed by atoms with van der Waals surface area (Å²) in [5.74, 6) is 2.31. The molecular weight excluding hydrogens is 420 g/mol. The lowest BCUT2D eigenvalue weighted by molar-refractivity contribution is 0.306. The number of ether oxygens (including phenoxy) is 2. The fourth-order valence-corrected chi connectivity index (χ4v) is 3.33. The highest BCUT2D eigenvalue weighted by molar-refractivity contribution is 6.30. The fourth-order valence-electron chi connectivity index (χ4n) is 3.20. The first-order chi connectivity index (χ1) is 15.7. The molecule has 0 aliphatic carbocycles. The molecule has 0 aromatic heterocycles. The first-order valence-corrected chi connectivity index (χ1v) is 10.8. The quantitative estimate of drug-likeness (QED) is 0.297. The Kier molecular flexibility index (Phi) is 7.28. The molecule has 0 fully saturated rings. The first-order valence-electron chi connectivity index (χ1n) is 10.5. The Bertz CT molecular complexity index is 1120. The van der Waals surface area contributed by atoms with E-state index in [1.165, 1.54) is 0 Å². The number of anilines is 1. The Morgan fingerprint density at radius 1 is 0.750 bits per heavy atom. The molecule has 1 atom stereocenters. The van der Waals surface area contributed by atoms with Gasteiger partial charge in [-0.2, -0.15) is 0 Å². The SMILES string of the molecule is NC(CNc1ccc(Oc2ccc(Cl)cc2)cc1)c1cccc(OCc2ccccc2)c1. The van der Waals surface area contributed by atoms with Crippen molar-refractivity contribution >= 4 is 17.3 Å². The van der Waals surface area contributed by atoms with E-state index in [4.69, 9.17) is 26.8 Å². The summed E-state index contributed by atoms with van der Waals surface area (Å²) in [6.45, 7) is 1.13. The molecular formula is C27H25ClN2O2. The molecule has 162 valence electrons. The first kappa shape index (κ1) is 21.8. The van der Waals surface area contributed by atoms with Crippen molar-refractivity contribution in [2.45, 2.75) is 12.6 Å². The van der Waals surface area contributed by atoms with Crippen LogP contribution in [0.4, 0.5) is 5.69 Å². The Morgan fingerprint density at radius 2 is 1.44 bits per heavy atom. The van der Waals surface area contributed by atoms with Crippen molar-refractivity contribution in [3.05, 3.63) is 119 Å². The number of benzene rings is 4. The highest BCUT2D eigenvalue weighted by atomic mass is 35.5. The van der Waals surface area contributed by atoms with Gasteiger partial charge in [0.25, 0.3) is 0 Å². The Labute approximate surface area is 193 Å². The largest absolute Gasteiger partial charge is 0.489 e. The van der Waals surface area contributed by atoms with Gasteiger partial charge in [-0.3, -0.25) is 0 Å². The monoisotopic (exact) mass is 444 g/mol. The molecule has 0 saturated heterocycles. The van der Waals surface area contributed by atoms with E-state index in [0.29, 0.717) is 18.2 Å². The second-order valence-corrected chi connectivity index (χ2v) is 7.85. The molecule has 0 radical (unpaired) electrons. The third-order valence-electron chi connectivity index (χ3n) is 4.96. The predicted octanol–water partition coefficient (Wildman–Crippen LogP) is 6.82. The maximum atomic E-state index is 6.41. The van der Waals surface area contributed by atoms with E-state index < -0.39 is 0 Å². The maximum Gasteiger partial charge on any atom is 0.127 e. The molecule has 4 aromatic rings. The minimum absolute atomic E-state index is 0.166. The lowest BCUT2D eigenvalue weighted by Crippen LogP contribution is -2.20. The van der Waals surface area contributed by atoms with E-state index in [2.05, 4.69) is 5.32 Å². The number of rotatable bonds is 9. The Hall–Kier alpha value is -3.47. The maximum absolute atomic E-state index is 6.41. The van der Waals surface area contributed by atoms with Crippen LogP contribution in [0, 0.1) is 0 Å². The summed E-state index contributed by atoms with van der Waals surface area (Å²) in [7, 11) is 0. The van der Waals surface area contributed by atoms with Gasteiger partial charge in [0.2, 0.25) is 0 Å². The summed E-state index contributed by atoms with van der Waals surface area (Å²) in [5.41, 5.74) is 9.53. The van der Waals surface area contributed by atoms with Crippen molar-refractivity contribution in [1.29, 1.82) is 0 Å². The third-order valence-corrected chi connectivity index (χ3v) is 5.22. The molecule has 0 bridgehead atoms. The molecule has 0 aliphatic rings. The van der Waals surface area contributed by atoms with Crippen LogP contribution in [0.25, 0.3) is 0 Å². The van der Waals surface area contributed by atoms with Gasteiger partial charge < -0.3 is 20.5 Å². The number of halogens is 1. The van der Waals surface area contributed by atoms with Gasteiger partial charge >= 0.3 is 0 Å². The zero-order chi connectivity index (χ0) is 22.2. The van der Waals surface area contributed by atoms with Gasteiger partial charge in [-0.1, -0.05) is 54.1 Å². The zero-order valence-electron chi connectivity index (χ0n) is 17.6. The van der Waals surface area contributed by atoms with Crippen LogP contribution in [-0.2, 0) is 6.61 Å². The van der Waals surface area contributed by atoms with Crippen molar-refractivity contribution in [1.82, 2.24) is 0 Å². The summed E-state index contributed by atoms with van der Waals surface area (Å²) < 4.78 is 11.7. The van der Waals surface area contributed by atoms with Crippen LogP contribution in [0.15, 0.2) is 103 Å². The van der Waals surface area contributed by atoms with Gasteiger partial charge in [0.15, 0.2) is 0 Å². The minimum atomic E-state index is -0.166. The number of nitrogens with two attached hydrogens (primary N) is 1. The molecule has 5 heteroatoms. The topological polar surface area (TPSA) is 56.5 Å². The lowest BCUT2D eigenvalue weighted by Gasteiger charge is -2.16. The van der Waals surface area contributed by atoms with E-state index in [0.717, 1.165) is 34.1 Å². The summed E-state index contributed by atoms with van der Waals surface area (Å²) in [6, 6.07) is 32.9. The molecule has 4 aromatic carbocycles. The average Bonchev–Trinajstić information content (AvgIpc) is 2.84. The highest BCUT2D eigenvalue weighted by Crippen LogP contribution is 2.25. The Balaban J connectivity index is 1.29. The number of hydrogen-bond acceptors (Lipinski definition) is 4. The normalized spacial score (nSPS) is 11.6. The smallest absolute Gasteiger partial charge is 0.127 e. The van der Waals surface area contributed by atoms with E-state index in [9.17, 15) is 0 Å². The van der Waals surface area contributed by atoms with Gasteiger partial charge in [0, 0.05) is 23.3 Å². The van der Waals surface area contributed by atoms with Crippen LogP contribution >= 0.6 is 11.6 Å². The van der Waals surface area contributed by atoms with Crippen LogP contribution in [-0.4, -0.2) is 6.54 Å². The van der Waals surface area contributed by atoms with Crippen molar-refractivity contribution in [3.8, 4) is 17.2 Å². The molecule has 4 rings (SSSR count). The highest BCUT2D eigenvalue weighted by Gasteiger charge is 2.08. The molecule has 0 amide bonds. The average molecular weight is 445 g/mol. The van der Waals surface area contributed by atoms with E-state index in [-0.39, 0.29) is 6.04 Å². The van der Waals surface area contributed by atoms with Gasteiger partial charge in [-0.25, -0.2) is 0 Å². The van der Waals surface area contributed by atoms with Crippen LogP contribution in [0.3, 0.4) is 0 Å². The standard InChI is InChI=1S/C27H25ClN2O2/c28-22-9-13-24(14-10-22)32-25-15-11-23(12-16-25)30-18-27(29)21-7-4-8-26(17-21)31-19-20-5-2-1-3-6-20/h1-17,27,30H,18-19,29H2. The minimum Gasteiger partial charge on any atom is -0.489 e. The van der Waals surface area contributed by atoms with Crippen LogP contribution < -0.4 is 20.5 Å². The molecule has 4 nitrogen and oxygen atoms in total. The van der Waals surface area contributed by atoms with Crippen LogP contribution in [0.5, 0.6) is 17.2 Å². The molecule has 32 heavy (non-hydrogen) atoms. The van der Waals surface area contributed by atoms with Crippen molar-refractivity contribution in [2.75, 3.05) is 11.9 Å². The third kappa shape index (κ3) is 6.27. The number of nitrogens with one attached hydrogen (secondary N) is 1. The molecule has 1 unspecified atom stereocenters. The molecule has 0 spiro atoms. The fraction of sp³-hybridized carbons (Fsp3) is 0.111. The predicted molar refractivity (Wildman–Crippen MR) is 131 cm³/mol. The van der Waals surface area contributed by atoms with E-state index in [1.54, 1.807) is 12.1 Å². The zero-order valence-corrected chi connectivity index (χ0v) is 18.3. The van der Waals surface area contributed by atoms with E-state index >= 15 is 0 Å². The van der Waals surface area contributed by atoms with E-state index in [1.807, 2.05) is 91.0 Å². The van der Waals surface area contributed by atoms with Gasteiger partial charge in [-0.05, 0) is 71.8 Å². The Morgan fingerprint density at radius 3 is 2.16 bits per heavy atom. The van der Waals surface area contributed by atoms with Gasteiger partial charge in [-0.15, -0.1) is 0 Å². The molecule has 0 heterocycles. The van der Waals surface area contributed by atoms with Crippen molar-refractivity contribution < 1.29 is 9.47 Å². The van der Waals surface area contributed by atoms with Gasteiger partial charge in [0.1, 0.15) is 23.9 Å². The van der Waals surface area contributed by atoms with Gasteiger partial charge in [0.05, 0.1) is 0 Å². The molecule has 0 saturated carbocycles. The molecule has 0 aliphatic heterocycles. The van der Waals surface area contributed by atoms with Crippen LogP contribution in [0.2, 0.25) is 5.02 Å². The van der Waals surface area contributed by atoms with Crippen molar-refractivity contribution in [2.24, 2.45) is 5.73 Å². The lowest BCUT2D eigenvalue weighted by atomic mass is 10.1. The van der Waals surface area contributed by atoms with Crippen molar-refractivity contribution in [3.63, 3.8) is 0 Å². The van der Waals surface area contributed by atoms with Crippen LogP contribution in [0.1, 0.15) is 17.2 Å².